The second kappa shape index (κ2) is 9.53. The number of hydrogen-bond donors (Lipinski definition) is 1. The molecule has 0 bridgehead atoms. The summed E-state index contributed by atoms with van der Waals surface area (Å²) in [5.41, 5.74) is -1.27. The van der Waals surface area contributed by atoms with Gasteiger partial charge in [-0.1, -0.05) is 23.7 Å². The lowest BCUT2D eigenvalue weighted by molar-refractivity contribution is -0.139. The Balaban J connectivity index is 1.58. The number of aromatic nitrogens is 3. The lowest BCUT2D eigenvalue weighted by atomic mass is 10.1. The molecule has 1 saturated heterocycles. The SMILES string of the molecule is Cc1cc(N2C[C@H](S(=O)(=O)c3ccccc3C(F)(F)F)C[C@H]2C(=O)NC2(C#N)CC2)n(-c2ccnc(Cl)c2)n1. The van der Waals surface area contributed by atoms with Crippen molar-refractivity contribution in [1.82, 2.24) is 20.1 Å². The van der Waals surface area contributed by atoms with Crippen LogP contribution in [0.15, 0.2) is 53.6 Å². The molecule has 204 valence electrons. The highest BCUT2D eigenvalue weighted by molar-refractivity contribution is 7.92. The zero-order valence-corrected chi connectivity index (χ0v) is 22.1. The van der Waals surface area contributed by atoms with Crippen LogP contribution in [0.2, 0.25) is 5.15 Å². The molecule has 14 heteroatoms. The standard InChI is InChI=1S/C25H22ClF3N6O3S/c1-15-10-22(35(33-15)16-6-9-31-21(26)11-16)34-13-17(12-19(34)23(36)32-24(14-30)7-8-24)39(37,38)20-5-3-2-4-18(20)25(27,28)29/h2-6,9-11,17,19H,7-8,12-13H2,1H3,(H,32,36)/t17-,19+/m1/s1. The summed E-state index contributed by atoms with van der Waals surface area (Å²) in [6.45, 7) is 1.42. The zero-order chi connectivity index (χ0) is 28.2. The summed E-state index contributed by atoms with van der Waals surface area (Å²) in [5.74, 6) is -0.243. The molecule has 2 atom stereocenters. The number of carbonyl (C=O) groups excluding carboxylic acids is 1. The van der Waals surface area contributed by atoms with Crippen LogP contribution in [-0.2, 0) is 20.8 Å². The topological polar surface area (TPSA) is 121 Å². The number of carbonyl (C=O) groups is 1. The number of anilines is 1. The molecule has 1 aliphatic heterocycles. The molecular weight excluding hydrogens is 557 g/mol. The number of nitrogens with one attached hydrogen (secondary N) is 1. The van der Waals surface area contributed by atoms with Gasteiger partial charge in [-0.2, -0.15) is 23.5 Å². The predicted molar refractivity (Wildman–Crippen MR) is 135 cm³/mol. The Bertz CT molecular complexity index is 1600. The van der Waals surface area contributed by atoms with E-state index in [1.54, 1.807) is 19.1 Å². The Morgan fingerprint density at radius 3 is 2.59 bits per heavy atom. The number of hydrogen-bond acceptors (Lipinski definition) is 7. The predicted octanol–water partition coefficient (Wildman–Crippen LogP) is 3.84. The van der Waals surface area contributed by atoms with Gasteiger partial charge in [-0.25, -0.2) is 18.1 Å². The van der Waals surface area contributed by atoms with Crippen LogP contribution in [-0.4, -0.2) is 52.5 Å². The number of halogens is 4. The minimum absolute atomic E-state index is 0.177. The van der Waals surface area contributed by atoms with E-state index >= 15 is 0 Å². The van der Waals surface area contributed by atoms with Gasteiger partial charge < -0.3 is 10.2 Å². The first-order valence-corrected chi connectivity index (χ1v) is 13.9. The summed E-state index contributed by atoms with van der Waals surface area (Å²) in [6, 6.07) is 9.77. The fourth-order valence-corrected chi connectivity index (χ4v) is 6.84. The first-order chi connectivity index (χ1) is 18.3. The van der Waals surface area contributed by atoms with Gasteiger partial charge in [0.05, 0.1) is 33.2 Å². The Kier molecular flexibility index (Phi) is 6.59. The number of nitriles is 1. The lowest BCUT2D eigenvalue weighted by Gasteiger charge is -2.27. The van der Waals surface area contributed by atoms with E-state index in [4.69, 9.17) is 11.6 Å². The molecule has 39 heavy (non-hydrogen) atoms. The second-order valence-corrected chi connectivity index (χ2v) is 12.2. The van der Waals surface area contributed by atoms with Gasteiger partial charge >= 0.3 is 6.18 Å². The Morgan fingerprint density at radius 2 is 1.95 bits per heavy atom. The quantitative estimate of drug-likeness (QED) is 0.441. The van der Waals surface area contributed by atoms with Crippen molar-refractivity contribution in [2.75, 3.05) is 11.4 Å². The van der Waals surface area contributed by atoms with Gasteiger partial charge in [0.1, 0.15) is 22.6 Å². The molecule has 2 aliphatic rings. The van der Waals surface area contributed by atoms with Crippen LogP contribution in [0.4, 0.5) is 19.0 Å². The monoisotopic (exact) mass is 578 g/mol. The van der Waals surface area contributed by atoms with Crippen molar-refractivity contribution in [3.63, 3.8) is 0 Å². The van der Waals surface area contributed by atoms with E-state index in [0.29, 0.717) is 30.0 Å². The highest BCUT2D eigenvalue weighted by Gasteiger charge is 2.50. The summed E-state index contributed by atoms with van der Waals surface area (Å²) >= 11 is 6.06. The van der Waals surface area contributed by atoms with Gasteiger partial charge in [0.2, 0.25) is 5.91 Å². The highest BCUT2D eigenvalue weighted by atomic mass is 35.5. The fraction of sp³-hybridized carbons (Fsp3) is 0.360. The number of sulfone groups is 1. The van der Waals surface area contributed by atoms with Crippen molar-refractivity contribution in [2.24, 2.45) is 0 Å². The average molecular weight is 579 g/mol. The molecule has 0 spiro atoms. The highest BCUT2D eigenvalue weighted by Crippen LogP contribution is 2.40. The number of nitrogens with zero attached hydrogens (tertiary/aromatic N) is 5. The van der Waals surface area contributed by atoms with Crippen LogP contribution in [0.1, 0.15) is 30.5 Å². The van der Waals surface area contributed by atoms with Crippen molar-refractivity contribution in [2.45, 2.75) is 54.1 Å². The zero-order valence-electron chi connectivity index (χ0n) is 20.5. The molecule has 3 aromatic rings. The summed E-state index contributed by atoms with van der Waals surface area (Å²) in [7, 11) is -4.54. The molecule has 2 fully saturated rings. The van der Waals surface area contributed by atoms with Crippen molar-refractivity contribution in [3.05, 3.63) is 65.1 Å². The van der Waals surface area contributed by atoms with Crippen LogP contribution in [0.25, 0.3) is 5.69 Å². The number of alkyl halides is 3. The van der Waals surface area contributed by atoms with E-state index in [1.807, 2.05) is 0 Å². The van der Waals surface area contributed by atoms with Gasteiger partial charge in [0.25, 0.3) is 0 Å². The molecule has 1 aliphatic carbocycles. The number of benzene rings is 1. The summed E-state index contributed by atoms with van der Waals surface area (Å²) in [5, 5.41) is 15.5. The van der Waals surface area contributed by atoms with Crippen LogP contribution in [0, 0.1) is 18.3 Å². The first-order valence-electron chi connectivity index (χ1n) is 11.9. The molecule has 1 amide bonds. The minimum atomic E-state index is -4.89. The van der Waals surface area contributed by atoms with Crippen molar-refractivity contribution in [3.8, 4) is 11.8 Å². The molecule has 1 N–H and O–H groups in total. The van der Waals surface area contributed by atoms with Crippen molar-refractivity contribution in [1.29, 1.82) is 5.26 Å². The number of pyridine rings is 1. The Hall–Kier alpha value is -3.63. The van der Waals surface area contributed by atoms with Gasteiger partial charge in [-0.05, 0) is 44.4 Å². The van der Waals surface area contributed by atoms with Crippen LogP contribution >= 0.6 is 11.6 Å². The molecule has 5 rings (SSSR count). The third-order valence-electron chi connectivity index (χ3n) is 6.89. The third-order valence-corrected chi connectivity index (χ3v) is 9.29. The van der Waals surface area contributed by atoms with E-state index in [9.17, 15) is 31.6 Å². The summed E-state index contributed by atoms with van der Waals surface area (Å²) in [6.07, 6.45) is -2.81. The molecule has 3 heterocycles. The van der Waals surface area contributed by atoms with Gasteiger partial charge in [-0.15, -0.1) is 0 Å². The maximum atomic E-state index is 13.7. The van der Waals surface area contributed by atoms with E-state index in [0.717, 1.165) is 18.2 Å². The largest absolute Gasteiger partial charge is 0.417 e. The smallest absolute Gasteiger partial charge is 0.343 e. The molecule has 0 unspecified atom stereocenters. The summed E-state index contributed by atoms with van der Waals surface area (Å²) in [4.78, 5) is 18.1. The lowest BCUT2D eigenvalue weighted by Crippen LogP contribution is -2.48. The average Bonchev–Trinajstić information content (AvgIpc) is 3.32. The van der Waals surface area contributed by atoms with Gasteiger partial charge in [0.15, 0.2) is 9.84 Å². The second-order valence-electron chi connectivity index (χ2n) is 9.64. The van der Waals surface area contributed by atoms with Crippen LogP contribution in [0.3, 0.4) is 0 Å². The first kappa shape index (κ1) is 27.0. The molecule has 1 aromatic carbocycles. The Morgan fingerprint density at radius 1 is 1.23 bits per heavy atom. The third kappa shape index (κ3) is 5.06. The van der Waals surface area contributed by atoms with E-state index in [2.05, 4.69) is 21.5 Å². The molecule has 2 aromatic heterocycles. The fourth-order valence-electron chi connectivity index (χ4n) is 4.77. The van der Waals surface area contributed by atoms with Crippen LogP contribution in [0.5, 0.6) is 0 Å². The van der Waals surface area contributed by atoms with Crippen LogP contribution < -0.4 is 10.2 Å². The van der Waals surface area contributed by atoms with Gasteiger partial charge in [-0.3, -0.25) is 4.79 Å². The maximum Gasteiger partial charge on any atom is 0.417 e. The molecule has 9 nitrogen and oxygen atoms in total. The molecule has 1 saturated carbocycles. The number of amides is 1. The van der Waals surface area contributed by atoms with E-state index in [-0.39, 0.29) is 18.1 Å². The van der Waals surface area contributed by atoms with Crippen molar-refractivity contribution >= 4 is 33.2 Å². The van der Waals surface area contributed by atoms with Gasteiger partial charge in [0, 0.05) is 24.9 Å². The Labute approximate surface area is 227 Å². The number of aryl methyl sites for hydroxylation is 1. The van der Waals surface area contributed by atoms with E-state index in [1.165, 1.54) is 27.9 Å². The maximum absolute atomic E-state index is 13.7. The molecule has 0 radical (unpaired) electrons. The molecular formula is C25H22ClF3N6O3S. The minimum Gasteiger partial charge on any atom is -0.343 e. The normalized spacial score (nSPS) is 20.5. The van der Waals surface area contributed by atoms with Crippen molar-refractivity contribution < 1.29 is 26.4 Å². The number of rotatable bonds is 6. The van der Waals surface area contributed by atoms with E-state index < -0.39 is 49.2 Å². The summed E-state index contributed by atoms with van der Waals surface area (Å²) < 4.78 is 69.9.